The van der Waals surface area contributed by atoms with E-state index in [9.17, 15) is 9.18 Å². The van der Waals surface area contributed by atoms with Crippen LogP contribution in [0.25, 0.3) is 0 Å². The van der Waals surface area contributed by atoms with E-state index in [-0.39, 0.29) is 6.42 Å². The first-order chi connectivity index (χ1) is 8.18. The molecule has 0 saturated carbocycles. The number of hydrogen-bond acceptors (Lipinski definition) is 4. The molecule has 6 heteroatoms. The van der Waals surface area contributed by atoms with Gasteiger partial charge in [0, 0.05) is 0 Å². The van der Waals surface area contributed by atoms with Gasteiger partial charge in [-0.2, -0.15) is 4.37 Å². The number of rotatable bonds is 4. The van der Waals surface area contributed by atoms with E-state index in [2.05, 4.69) is 9.36 Å². The van der Waals surface area contributed by atoms with Crippen molar-refractivity contribution in [1.82, 2.24) is 9.36 Å². The van der Waals surface area contributed by atoms with Crippen LogP contribution < -0.4 is 0 Å². The van der Waals surface area contributed by atoms with Crippen molar-refractivity contribution in [1.29, 1.82) is 0 Å². The van der Waals surface area contributed by atoms with Crippen LogP contribution in [0.1, 0.15) is 16.5 Å². The highest BCUT2D eigenvalue weighted by Crippen LogP contribution is 2.23. The van der Waals surface area contributed by atoms with Gasteiger partial charge in [0.25, 0.3) is 0 Å². The average Bonchev–Trinajstić information content (AvgIpc) is 2.81. The van der Waals surface area contributed by atoms with Crippen molar-refractivity contribution in [2.24, 2.45) is 0 Å². The van der Waals surface area contributed by atoms with Crippen molar-refractivity contribution in [2.45, 2.75) is 12.3 Å². The number of halogens is 1. The van der Waals surface area contributed by atoms with Crippen LogP contribution in [0.5, 0.6) is 0 Å². The summed E-state index contributed by atoms with van der Waals surface area (Å²) in [6.07, 6.45) is 1.38. The van der Waals surface area contributed by atoms with Gasteiger partial charge in [0.15, 0.2) is 0 Å². The van der Waals surface area contributed by atoms with Crippen molar-refractivity contribution in [3.63, 3.8) is 0 Å². The molecule has 4 nitrogen and oxygen atoms in total. The molecule has 0 aliphatic rings. The highest BCUT2D eigenvalue weighted by atomic mass is 32.1. The molecule has 0 amide bonds. The van der Waals surface area contributed by atoms with Gasteiger partial charge < -0.3 is 5.11 Å². The van der Waals surface area contributed by atoms with Crippen LogP contribution >= 0.6 is 11.5 Å². The number of aromatic nitrogens is 2. The maximum Gasteiger partial charge on any atom is 0.313 e. The van der Waals surface area contributed by atoms with Crippen LogP contribution in [0.4, 0.5) is 4.39 Å². The molecule has 0 aliphatic heterocycles. The second kappa shape index (κ2) is 5.01. The first-order valence-electron chi connectivity index (χ1n) is 4.91. The predicted molar refractivity (Wildman–Crippen MR) is 60.4 cm³/mol. The molecule has 1 N–H and O–H groups in total. The summed E-state index contributed by atoms with van der Waals surface area (Å²) in [4.78, 5) is 15.0. The molecule has 0 spiro atoms. The number of carboxylic acids is 1. The van der Waals surface area contributed by atoms with Crippen molar-refractivity contribution in [3.05, 3.63) is 47.0 Å². The highest BCUT2D eigenvalue weighted by Gasteiger charge is 2.24. The summed E-state index contributed by atoms with van der Waals surface area (Å²) in [6.45, 7) is 0. The molecule has 1 heterocycles. The Kier molecular flexibility index (Phi) is 3.43. The second-order valence-electron chi connectivity index (χ2n) is 3.47. The minimum Gasteiger partial charge on any atom is -0.481 e. The lowest BCUT2D eigenvalue weighted by atomic mass is 10.00. The Morgan fingerprint density at radius 2 is 2.24 bits per heavy atom. The topological polar surface area (TPSA) is 63.1 Å². The van der Waals surface area contributed by atoms with Crippen molar-refractivity contribution in [2.75, 3.05) is 0 Å². The third-order valence-corrected chi connectivity index (χ3v) is 3.13. The van der Waals surface area contributed by atoms with Crippen LogP contribution in [0, 0.1) is 5.82 Å². The normalized spacial score (nSPS) is 12.3. The maximum atomic E-state index is 13.4. The van der Waals surface area contributed by atoms with Gasteiger partial charge >= 0.3 is 5.97 Å². The van der Waals surface area contributed by atoms with E-state index < -0.39 is 17.7 Å². The molecule has 0 saturated heterocycles. The standard InChI is InChI=1S/C11H9FN2O2S/c12-9-4-2-1-3-7(9)5-8(11(15)16)10-13-6-14-17-10/h1-4,6,8H,5H2,(H,15,16). The Bertz CT molecular complexity index is 516. The molecule has 88 valence electrons. The first kappa shape index (κ1) is 11.7. The largest absolute Gasteiger partial charge is 0.481 e. The zero-order chi connectivity index (χ0) is 12.3. The summed E-state index contributed by atoms with van der Waals surface area (Å²) in [5.41, 5.74) is 0.370. The lowest BCUT2D eigenvalue weighted by molar-refractivity contribution is -0.138. The van der Waals surface area contributed by atoms with Crippen LogP contribution in [0.2, 0.25) is 0 Å². The van der Waals surface area contributed by atoms with Crippen LogP contribution in [-0.4, -0.2) is 20.4 Å². The molecular formula is C11H9FN2O2S. The summed E-state index contributed by atoms with van der Waals surface area (Å²) in [5, 5.41) is 9.50. The molecule has 2 rings (SSSR count). The monoisotopic (exact) mass is 252 g/mol. The molecule has 0 fully saturated rings. The highest BCUT2D eigenvalue weighted by molar-refractivity contribution is 7.05. The molecule has 1 aromatic heterocycles. The van der Waals surface area contributed by atoms with E-state index in [1.807, 2.05) is 0 Å². The SMILES string of the molecule is O=C(O)C(Cc1ccccc1F)c1ncns1. The molecule has 2 aromatic rings. The van der Waals surface area contributed by atoms with E-state index in [4.69, 9.17) is 5.11 Å². The predicted octanol–water partition coefficient (Wildman–Crippen LogP) is 2.09. The Labute approximate surface area is 101 Å². The zero-order valence-electron chi connectivity index (χ0n) is 8.71. The van der Waals surface area contributed by atoms with Gasteiger partial charge in [-0.3, -0.25) is 4.79 Å². The van der Waals surface area contributed by atoms with Gasteiger partial charge in [-0.15, -0.1) is 0 Å². The number of hydrogen-bond donors (Lipinski definition) is 1. The number of carbonyl (C=O) groups is 1. The Morgan fingerprint density at radius 1 is 1.47 bits per heavy atom. The Morgan fingerprint density at radius 3 is 2.82 bits per heavy atom. The maximum absolute atomic E-state index is 13.4. The van der Waals surface area contributed by atoms with Gasteiger partial charge in [-0.1, -0.05) is 18.2 Å². The lowest BCUT2D eigenvalue weighted by Crippen LogP contribution is -2.14. The summed E-state index contributed by atoms with van der Waals surface area (Å²) in [6, 6.07) is 6.14. The third-order valence-electron chi connectivity index (χ3n) is 2.36. The third kappa shape index (κ3) is 2.65. The number of carboxylic acid groups (broad SMARTS) is 1. The molecule has 0 bridgehead atoms. The van der Waals surface area contributed by atoms with Crippen LogP contribution in [0.3, 0.4) is 0 Å². The van der Waals surface area contributed by atoms with Crippen LogP contribution in [0.15, 0.2) is 30.6 Å². The van der Waals surface area contributed by atoms with E-state index in [1.54, 1.807) is 18.2 Å². The van der Waals surface area contributed by atoms with Gasteiger partial charge in [-0.05, 0) is 29.6 Å². The van der Waals surface area contributed by atoms with E-state index in [0.29, 0.717) is 10.6 Å². The van der Waals surface area contributed by atoms with Gasteiger partial charge in [0.2, 0.25) is 0 Å². The first-order valence-corrected chi connectivity index (χ1v) is 5.68. The van der Waals surface area contributed by atoms with E-state index in [1.165, 1.54) is 12.4 Å². The van der Waals surface area contributed by atoms with Crippen molar-refractivity contribution >= 4 is 17.5 Å². The molecular weight excluding hydrogens is 243 g/mol. The fourth-order valence-corrected chi connectivity index (χ4v) is 2.11. The summed E-state index contributed by atoms with van der Waals surface area (Å²) < 4.78 is 17.2. The molecule has 1 aromatic carbocycles. The van der Waals surface area contributed by atoms with Crippen LogP contribution in [-0.2, 0) is 11.2 Å². The van der Waals surface area contributed by atoms with Crippen molar-refractivity contribution in [3.8, 4) is 0 Å². The average molecular weight is 252 g/mol. The molecule has 0 aliphatic carbocycles. The Balaban J connectivity index is 2.26. The number of benzene rings is 1. The van der Waals surface area contributed by atoms with Gasteiger partial charge in [0.05, 0.1) is 0 Å². The number of nitrogens with zero attached hydrogens (tertiary/aromatic N) is 2. The molecule has 17 heavy (non-hydrogen) atoms. The number of aliphatic carboxylic acids is 1. The minimum atomic E-state index is -1.02. The van der Waals surface area contributed by atoms with E-state index >= 15 is 0 Å². The second-order valence-corrected chi connectivity index (χ2v) is 4.28. The molecule has 0 radical (unpaired) electrons. The smallest absolute Gasteiger partial charge is 0.313 e. The Hall–Kier alpha value is -1.82. The molecule has 1 unspecified atom stereocenters. The fraction of sp³-hybridized carbons (Fsp3) is 0.182. The van der Waals surface area contributed by atoms with Gasteiger partial charge in [0.1, 0.15) is 23.1 Å². The summed E-state index contributed by atoms with van der Waals surface area (Å²) >= 11 is 1.02. The zero-order valence-corrected chi connectivity index (χ0v) is 9.52. The summed E-state index contributed by atoms with van der Waals surface area (Å²) in [7, 11) is 0. The molecule has 1 atom stereocenters. The quantitative estimate of drug-likeness (QED) is 0.905. The van der Waals surface area contributed by atoms with E-state index in [0.717, 1.165) is 11.5 Å². The van der Waals surface area contributed by atoms with Crippen molar-refractivity contribution < 1.29 is 14.3 Å². The lowest BCUT2D eigenvalue weighted by Gasteiger charge is -2.09. The minimum absolute atomic E-state index is 0.0806. The van der Waals surface area contributed by atoms with Gasteiger partial charge in [-0.25, -0.2) is 9.37 Å². The summed E-state index contributed by atoms with van der Waals surface area (Å²) in [5.74, 6) is -2.27. The fourth-order valence-electron chi connectivity index (χ4n) is 1.50.